The normalized spacial score (nSPS) is 17.3. The van der Waals surface area contributed by atoms with Crippen LogP contribution in [0.5, 0.6) is 11.5 Å². The molecule has 0 aromatic heterocycles. The zero-order chi connectivity index (χ0) is 12.7. The average Bonchev–Trinajstić information content (AvgIpc) is 2.71. The van der Waals surface area contributed by atoms with E-state index in [1.165, 1.54) is 0 Å². The van der Waals surface area contributed by atoms with Crippen molar-refractivity contribution in [1.82, 2.24) is 0 Å². The fourth-order valence-electron chi connectivity index (χ4n) is 2.48. The molecule has 3 N–H and O–H groups in total. The summed E-state index contributed by atoms with van der Waals surface area (Å²) in [6.07, 6.45) is 0.778. The van der Waals surface area contributed by atoms with Crippen molar-refractivity contribution in [1.29, 1.82) is 0 Å². The monoisotopic (exact) mass is 241 g/mol. The highest BCUT2D eigenvalue weighted by Crippen LogP contribution is 2.38. The second kappa shape index (κ2) is 3.95. The van der Waals surface area contributed by atoms with Crippen LogP contribution in [0.1, 0.15) is 22.7 Å². The van der Waals surface area contributed by atoms with Crippen LogP contribution in [0, 0.1) is 6.92 Å². The molecule has 1 atom stereocenters. The summed E-state index contributed by atoms with van der Waals surface area (Å²) in [4.78, 5) is 0. The third kappa shape index (κ3) is 1.78. The van der Waals surface area contributed by atoms with Crippen molar-refractivity contribution in [3.05, 3.63) is 53.1 Å². The van der Waals surface area contributed by atoms with Gasteiger partial charge in [0.05, 0.1) is 6.04 Å². The molecular weight excluding hydrogens is 226 g/mol. The largest absolute Gasteiger partial charge is 0.508 e. The molecule has 2 aromatic rings. The summed E-state index contributed by atoms with van der Waals surface area (Å²) in [6, 6.07) is 11.1. The zero-order valence-corrected chi connectivity index (χ0v) is 10.1. The molecule has 0 fully saturated rings. The molecule has 3 heteroatoms. The number of rotatable bonds is 1. The van der Waals surface area contributed by atoms with Gasteiger partial charge in [0.15, 0.2) is 0 Å². The van der Waals surface area contributed by atoms with Gasteiger partial charge in [0.25, 0.3) is 0 Å². The van der Waals surface area contributed by atoms with Crippen molar-refractivity contribution in [2.24, 2.45) is 0 Å². The third-order valence-corrected chi connectivity index (χ3v) is 3.40. The van der Waals surface area contributed by atoms with Crippen LogP contribution in [0.4, 0.5) is 5.69 Å². The lowest BCUT2D eigenvalue weighted by Gasteiger charge is -2.13. The fourth-order valence-corrected chi connectivity index (χ4v) is 2.48. The smallest absolute Gasteiger partial charge is 0.121 e. The van der Waals surface area contributed by atoms with E-state index in [0.717, 1.165) is 28.8 Å². The summed E-state index contributed by atoms with van der Waals surface area (Å²) in [5.41, 5.74) is 4.05. The Morgan fingerprint density at radius 1 is 1.11 bits per heavy atom. The molecule has 1 aliphatic heterocycles. The molecule has 0 aliphatic carbocycles. The van der Waals surface area contributed by atoms with Crippen molar-refractivity contribution in [3.63, 3.8) is 0 Å². The fraction of sp³-hybridized carbons (Fsp3) is 0.200. The van der Waals surface area contributed by atoms with Gasteiger partial charge in [-0.2, -0.15) is 0 Å². The topological polar surface area (TPSA) is 52.5 Å². The number of fused-ring (bicyclic) bond motifs is 1. The van der Waals surface area contributed by atoms with Gasteiger partial charge >= 0.3 is 0 Å². The van der Waals surface area contributed by atoms with Crippen molar-refractivity contribution in [3.8, 4) is 11.5 Å². The molecule has 0 bridgehead atoms. The van der Waals surface area contributed by atoms with E-state index in [-0.39, 0.29) is 11.8 Å². The molecule has 1 unspecified atom stereocenters. The lowest BCUT2D eigenvalue weighted by atomic mass is 10.0. The van der Waals surface area contributed by atoms with E-state index in [1.54, 1.807) is 18.2 Å². The van der Waals surface area contributed by atoms with E-state index in [1.807, 2.05) is 25.1 Å². The molecule has 1 aliphatic rings. The lowest BCUT2D eigenvalue weighted by molar-refractivity contribution is 0.464. The number of aryl methyl sites for hydroxylation is 1. The summed E-state index contributed by atoms with van der Waals surface area (Å²) in [5.74, 6) is 0.605. The van der Waals surface area contributed by atoms with Crippen molar-refractivity contribution >= 4 is 5.69 Å². The molecule has 0 amide bonds. The van der Waals surface area contributed by atoms with E-state index in [0.29, 0.717) is 5.75 Å². The molecule has 3 nitrogen and oxygen atoms in total. The number of nitrogens with one attached hydrogen (secondary N) is 1. The lowest BCUT2D eigenvalue weighted by Crippen LogP contribution is -2.05. The maximum Gasteiger partial charge on any atom is 0.121 e. The number of benzene rings is 2. The quantitative estimate of drug-likeness (QED) is 0.672. The second-order valence-electron chi connectivity index (χ2n) is 4.80. The molecular formula is C15H15NO2. The Balaban J connectivity index is 1.93. The maximum atomic E-state index is 10.00. The van der Waals surface area contributed by atoms with Crippen LogP contribution in [-0.4, -0.2) is 10.2 Å². The van der Waals surface area contributed by atoms with Crippen LogP contribution >= 0.6 is 0 Å². The van der Waals surface area contributed by atoms with Gasteiger partial charge < -0.3 is 15.5 Å². The minimum atomic E-state index is 0.0717. The summed E-state index contributed by atoms with van der Waals surface area (Å²) in [6.45, 7) is 1.96. The van der Waals surface area contributed by atoms with E-state index >= 15 is 0 Å². The summed E-state index contributed by atoms with van der Waals surface area (Å²) in [7, 11) is 0. The molecule has 1 heterocycles. The summed E-state index contributed by atoms with van der Waals surface area (Å²) in [5, 5.41) is 22.8. The van der Waals surface area contributed by atoms with Gasteiger partial charge in [0, 0.05) is 11.3 Å². The number of anilines is 1. The predicted molar refractivity (Wildman–Crippen MR) is 71.0 cm³/mol. The highest BCUT2D eigenvalue weighted by Gasteiger charge is 2.24. The Bertz CT molecular complexity index is 607. The highest BCUT2D eigenvalue weighted by molar-refractivity contribution is 5.61. The van der Waals surface area contributed by atoms with Gasteiger partial charge in [0.1, 0.15) is 11.5 Å². The highest BCUT2D eigenvalue weighted by atomic mass is 16.3. The van der Waals surface area contributed by atoms with Crippen molar-refractivity contribution in [2.75, 3.05) is 5.32 Å². The van der Waals surface area contributed by atoms with Crippen LogP contribution in [0.2, 0.25) is 0 Å². The Hall–Kier alpha value is -2.16. The minimum Gasteiger partial charge on any atom is -0.508 e. The van der Waals surface area contributed by atoms with Gasteiger partial charge in [-0.25, -0.2) is 0 Å². The first-order valence-electron chi connectivity index (χ1n) is 6.01. The number of hydrogen-bond acceptors (Lipinski definition) is 3. The van der Waals surface area contributed by atoms with E-state index in [2.05, 4.69) is 5.32 Å². The molecule has 18 heavy (non-hydrogen) atoms. The van der Waals surface area contributed by atoms with Gasteiger partial charge in [-0.15, -0.1) is 0 Å². The molecule has 92 valence electrons. The van der Waals surface area contributed by atoms with Gasteiger partial charge in [-0.3, -0.25) is 0 Å². The first kappa shape index (κ1) is 11.0. The molecule has 2 aromatic carbocycles. The predicted octanol–water partition coefficient (Wildman–Crippen LogP) is 3.12. The Morgan fingerprint density at radius 3 is 2.72 bits per heavy atom. The van der Waals surface area contributed by atoms with Crippen LogP contribution in [0.15, 0.2) is 36.4 Å². The summed E-state index contributed by atoms with van der Waals surface area (Å²) < 4.78 is 0. The number of hydrogen-bond donors (Lipinski definition) is 3. The number of phenols is 2. The van der Waals surface area contributed by atoms with E-state index in [4.69, 9.17) is 0 Å². The third-order valence-electron chi connectivity index (χ3n) is 3.40. The van der Waals surface area contributed by atoms with Crippen LogP contribution < -0.4 is 5.32 Å². The van der Waals surface area contributed by atoms with Gasteiger partial charge in [-0.1, -0.05) is 12.1 Å². The van der Waals surface area contributed by atoms with E-state index in [9.17, 15) is 10.2 Å². The zero-order valence-electron chi connectivity index (χ0n) is 10.1. The van der Waals surface area contributed by atoms with E-state index < -0.39 is 0 Å². The number of phenolic OH excluding ortho intramolecular Hbond substituents is 2. The first-order chi connectivity index (χ1) is 8.63. The summed E-state index contributed by atoms with van der Waals surface area (Å²) >= 11 is 0. The van der Waals surface area contributed by atoms with Crippen LogP contribution in [0.3, 0.4) is 0 Å². The van der Waals surface area contributed by atoms with Crippen LogP contribution in [0.25, 0.3) is 0 Å². The second-order valence-corrected chi connectivity index (χ2v) is 4.80. The molecule has 0 saturated heterocycles. The minimum absolute atomic E-state index is 0.0717. The first-order valence-corrected chi connectivity index (χ1v) is 6.01. The molecule has 3 rings (SSSR count). The van der Waals surface area contributed by atoms with Crippen LogP contribution in [-0.2, 0) is 6.42 Å². The number of aromatic hydroxyl groups is 2. The molecule has 0 saturated carbocycles. The molecule has 0 radical (unpaired) electrons. The SMILES string of the molecule is Cc1ccc(C2Cc3cc(O)ccc3N2)c(O)c1. The van der Waals surface area contributed by atoms with Gasteiger partial charge in [-0.05, 0) is 48.7 Å². The van der Waals surface area contributed by atoms with Crippen molar-refractivity contribution in [2.45, 2.75) is 19.4 Å². The Morgan fingerprint density at radius 2 is 1.94 bits per heavy atom. The molecule has 0 spiro atoms. The Kier molecular flexibility index (Phi) is 2.40. The maximum absolute atomic E-state index is 10.00. The van der Waals surface area contributed by atoms with Crippen molar-refractivity contribution < 1.29 is 10.2 Å². The standard InChI is InChI=1S/C15H15NO2/c1-9-2-4-12(15(18)6-9)14-8-10-7-11(17)3-5-13(10)16-14/h2-7,14,16-18H,8H2,1H3. The average molecular weight is 241 g/mol. The Labute approximate surface area is 106 Å². The van der Waals surface area contributed by atoms with Gasteiger partial charge in [0.2, 0.25) is 0 Å².